The summed E-state index contributed by atoms with van der Waals surface area (Å²) in [5.74, 6) is -1.90. The van der Waals surface area contributed by atoms with Gasteiger partial charge in [0, 0.05) is 24.2 Å². The summed E-state index contributed by atoms with van der Waals surface area (Å²) >= 11 is 1.28. The Balaban J connectivity index is 1.29. The van der Waals surface area contributed by atoms with E-state index >= 15 is 0 Å². The van der Waals surface area contributed by atoms with Gasteiger partial charge in [0.05, 0.1) is 5.92 Å². The number of carbonyl (C=O) groups is 4. The Morgan fingerprint density at radius 2 is 1.79 bits per heavy atom. The molecule has 0 aliphatic carbocycles. The van der Waals surface area contributed by atoms with Gasteiger partial charge >= 0.3 is 11.9 Å². The van der Waals surface area contributed by atoms with E-state index in [1.54, 1.807) is 22.4 Å². The van der Waals surface area contributed by atoms with Gasteiger partial charge in [-0.1, -0.05) is 12.1 Å². The number of carbonyl (C=O) groups excluding carboxylic acids is 4. The molecule has 7 nitrogen and oxygen atoms in total. The summed E-state index contributed by atoms with van der Waals surface area (Å²) in [7, 11) is 0. The fourth-order valence-corrected chi connectivity index (χ4v) is 4.21. The van der Waals surface area contributed by atoms with E-state index < -0.39 is 24.5 Å². The second kappa shape index (κ2) is 10.0. The van der Waals surface area contributed by atoms with Crippen LogP contribution in [0.15, 0.2) is 60.0 Å². The maximum Gasteiger partial charge on any atom is 0.353 e. The Labute approximate surface area is 200 Å². The van der Waals surface area contributed by atoms with Crippen molar-refractivity contribution in [3.05, 3.63) is 81.5 Å². The summed E-state index contributed by atoms with van der Waals surface area (Å²) in [4.78, 5) is 51.5. The highest BCUT2D eigenvalue weighted by molar-refractivity contribution is 7.12. The second-order valence-electron chi connectivity index (χ2n) is 8.10. The van der Waals surface area contributed by atoms with Gasteiger partial charge in [-0.15, -0.1) is 11.3 Å². The fourth-order valence-electron chi connectivity index (χ4n) is 3.61. The molecule has 2 heterocycles. The Morgan fingerprint density at radius 3 is 2.47 bits per heavy atom. The van der Waals surface area contributed by atoms with Gasteiger partial charge in [0.25, 0.3) is 0 Å². The van der Waals surface area contributed by atoms with Gasteiger partial charge in [0.2, 0.25) is 5.91 Å². The number of nitrogens with zero attached hydrogens (tertiary/aromatic N) is 1. The Morgan fingerprint density at radius 1 is 1.03 bits per heavy atom. The minimum atomic E-state index is -0.624. The number of benzene rings is 2. The molecule has 1 aliphatic rings. The van der Waals surface area contributed by atoms with Crippen LogP contribution in [-0.2, 0) is 14.3 Å². The van der Waals surface area contributed by atoms with Gasteiger partial charge in [0.15, 0.2) is 12.4 Å². The maximum absolute atomic E-state index is 12.5. The molecule has 1 aliphatic heterocycles. The summed E-state index contributed by atoms with van der Waals surface area (Å²) in [6, 6.07) is 15.2. The van der Waals surface area contributed by atoms with Crippen LogP contribution >= 0.6 is 11.3 Å². The van der Waals surface area contributed by atoms with Crippen molar-refractivity contribution in [3.63, 3.8) is 0 Å². The molecule has 1 atom stereocenters. The van der Waals surface area contributed by atoms with Crippen molar-refractivity contribution in [2.45, 2.75) is 20.3 Å². The van der Waals surface area contributed by atoms with Crippen molar-refractivity contribution >= 4 is 40.7 Å². The number of aryl methyl sites for hydroxylation is 2. The van der Waals surface area contributed by atoms with Crippen molar-refractivity contribution in [1.82, 2.24) is 0 Å². The number of esters is 2. The molecule has 34 heavy (non-hydrogen) atoms. The molecule has 0 saturated carbocycles. The van der Waals surface area contributed by atoms with Crippen LogP contribution in [0.3, 0.4) is 0 Å². The number of thiophene rings is 1. The molecule has 174 valence electrons. The molecule has 0 bridgehead atoms. The van der Waals surface area contributed by atoms with Crippen LogP contribution in [0.4, 0.5) is 5.69 Å². The maximum atomic E-state index is 12.5. The minimum Gasteiger partial charge on any atom is -0.457 e. The average Bonchev–Trinajstić information content (AvgIpc) is 3.50. The Kier molecular flexibility index (Phi) is 6.88. The standard InChI is InChI=1S/C26H23NO6S/c1-16-5-8-20(12-17(16)2)27-14-19(13-24(27)29)25(30)32-15-22(28)18-6-9-21(10-7-18)33-26(31)23-4-3-11-34-23/h3-12,19H,13-15H2,1-2H3/t19-/m1/s1. The zero-order valence-electron chi connectivity index (χ0n) is 18.8. The third-order valence-electron chi connectivity index (χ3n) is 5.72. The van der Waals surface area contributed by atoms with Crippen molar-refractivity contribution in [2.75, 3.05) is 18.1 Å². The van der Waals surface area contributed by atoms with Crippen LogP contribution in [0.2, 0.25) is 0 Å². The van der Waals surface area contributed by atoms with Crippen molar-refractivity contribution in [2.24, 2.45) is 5.92 Å². The fraction of sp³-hybridized carbons (Fsp3) is 0.231. The lowest BCUT2D eigenvalue weighted by Crippen LogP contribution is -2.27. The van der Waals surface area contributed by atoms with E-state index in [4.69, 9.17) is 9.47 Å². The molecule has 0 spiro atoms. The molecule has 1 aromatic heterocycles. The average molecular weight is 478 g/mol. The van der Waals surface area contributed by atoms with Crippen LogP contribution in [0.25, 0.3) is 0 Å². The van der Waals surface area contributed by atoms with Gasteiger partial charge in [-0.3, -0.25) is 14.4 Å². The van der Waals surface area contributed by atoms with Crippen LogP contribution in [-0.4, -0.2) is 36.8 Å². The largest absolute Gasteiger partial charge is 0.457 e. The first-order valence-electron chi connectivity index (χ1n) is 10.7. The number of ether oxygens (including phenoxy) is 2. The zero-order chi connectivity index (χ0) is 24.2. The van der Waals surface area contributed by atoms with E-state index in [9.17, 15) is 19.2 Å². The molecule has 0 unspecified atom stereocenters. The van der Waals surface area contributed by atoms with E-state index in [0.717, 1.165) is 16.8 Å². The predicted molar refractivity (Wildman–Crippen MR) is 127 cm³/mol. The van der Waals surface area contributed by atoms with Crippen LogP contribution in [0.5, 0.6) is 5.75 Å². The first-order valence-corrected chi connectivity index (χ1v) is 11.6. The lowest BCUT2D eigenvalue weighted by atomic mass is 10.1. The van der Waals surface area contributed by atoms with E-state index in [1.807, 2.05) is 32.0 Å². The molecule has 0 radical (unpaired) electrons. The highest BCUT2D eigenvalue weighted by Gasteiger charge is 2.36. The van der Waals surface area contributed by atoms with E-state index in [2.05, 4.69) is 0 Å². The third kappa shape index (κ3) is 5.23. The molecule has 1 fully saturated rings. The molecule has 1 amide bonds. The topological polar surface area (TPSA) is 90.0 Å². The second-order valence-corrected chi connectivity index (χ2v) is 9.04. The molecule has 2 aromatic carbocycles. The molecular formula is C26H23NO6S. The zero-order valence-corrected chi connectivity index (χ0v) is 19.6. The number of ketones is 1. The first-order chi connectivity index (χ1) is 16.3. The summed E-state index contributed by atoms with van der Waals surface area (Å²) in [5.41, 5.74) is 3.26. The number of amides is 1. The van der Waals surface area contributed by atoms with E-state index in [-0.39, 0.29) is 24.7 Å². The summed E-state index contributed by atoms with van der Waals surface area (Å²) in [6.07, 6.45) is 0.0459. The van der Waals surface area contributed by atoms with Crippen molar-refractivity contribution in [3.8, 4) is 5.75 Å². The van der Waals surface area contributed by atoms with Crippen LogP contribution < -0.4 is 9.64 Å². The minimum absolute atomic E-state index is 0.0459. The van der Waals surface area contributed by atoms with E-state index in [1.165, 1.54) is 35.6 Å². The number of hydrogen-bond acceptors (Lipinski definition) is 7. The molecule has 3 aromatic rings. The molecular weight excluding hydrogens is 454 g/mol. The van der Waals surface area contributed by atoms with Gasteiger partial charge in [-0.2, -0.15) is 0 Å². The molecule has 4 rings (SSSR count). The summed E-state index contributed by atoms with van der Waals surface area (Å²) in [5, 5.41) is 1.78. The SMILES string of the molecule is Cc1ccc(N2C[C@H](C(=O)OCC(=O)c3ccc(OC(=O)c4cccs4)cc3)CC2=O)cc1C. The lowest BCUT2D eigenvalue weighted by molar-refractivity contribution is -0.147. The monoisotopic (exact) mass is 477 g/mol. The predicted octanol–water partition coefficient (Wildman–Crippen LogP) is 4.36. The highest BCUT2D eigenvalue weighted by atomic mass is 32.1. The first kappa shape index (κ1) is 23.4. The van der Waals surface area contributed by atoms with Crippen molar-refractivity contribution in [1.29, 1.82) is 0 Å². The molecule has 0 N–H and O–H groups in total. The number of anilines is 1. The Hall–Kier alpha value is -3.78. The Bertz CT molecular complexity index is 1230. The van der Waals surface area contributed by atoms with Gasteiger partial charge in [0.1, 0.15) is 10.6 Å². The third-order valence-corrected chi connectivity index (χ3v) is 6.57. The normalized spacial score (nSPS) is 15.3. The van der Waals surface area contributed by atoms with Gasteiger partial charge < -0.3 is 14.4 Å². The summed E-state index contributed by atoms with van der Waals surface area (Å²) < 4.78 is 10.5. The van der Waals surface area contributed by atoms with Gasteiger partial charge in [-0.25, -0.2) is 4.79 Å². The van der Waals surface area contributed by atoms with Crippen molar-refractivity contribution < 1.29 is 28.7 Å². The molecule has 1 saturated heterocycles. The molecule has 8 heteroatoms. The summed E-state index contributed by atoms with van der Waals surface area (Å²) in [6.45, 7) is 3.75. The number of rotatable bonds is 7. The smallest absolute Gasteiger partial charge is 0.353 e. The van der Waals surface area contributed by atoms with Crippen LogP contribution in [0.1, 0.15) is 37.6 Å². The van der Waals surface area contributed by atoms with E-state index in [0.29, 0.717) is 16.2 Å². The van der Waals surface area contributed by atoms with Crippen LogP contribution in [0, 0.1) is 19.8 Å². The number of Topliss-reactive ketones (excluding diaryl/α,β-unsaturated/α-hetero) is 1. The van der Waals surface area contributed by atoms with Gasteiger partial charge in [-0.05, 0) is 72.8 Å². The quantitative estimate of drug-likeness (QED) is 0.285. The highest BCUT2D eigenvalue weighted by Crippen LogP contribution is 2.27. The number of hydrogen-bond donors (Lipinski definition) is 0. The lowest BCUT2D eigenvalue weighted by Gasteiger charge is -2.17.